The van der Waals surface area contributed by atoms with Crippen LogP contribution in [-0.4, -0.2) is 70.0 Å². The van der Waals surface area contributed by atoms with Crippen LogP contribution in [0.3, 0.4) is 0 Å². The minimum absolute atomic E-state index is 0.0398. The van der Waals surface area contributed by atoms with E-state index in [4.69, 9.17) is 18.5 Å². The lowest BCUT2D eigenvalue weighted by atomic mass is 10.1. The molecule has 0 aromatic heterocycles. The average Bonchev–Trinajstić information content (AvgIpc) is 3.04. The zero-order chi connectivity index (χ0) is 36.5. The summed E-state index contributed by atoms with van der Waals surface area (Å²) in [4.78, 5) is 37.2. The van der Waals surface area contributed by atoms with E-state index >= 15 is 0 Å². The Kier molecular flexibility index (Phi) is 30.6. The highest BCUT2D eigenvalue weighted by Crippen LogP contribution is 2.38. The van der Waals surface area contributed by atoms with Crippen LogP contribution in [0.2, 0.25) is 0 Å². The number of hydrogen-bond donors (Lipinski definition) is 0. The Bertz CT molecular complexity index is 986. The van der Waals surface area contributed by atoms with Crippen molar-refractivity contribution >= 4 is 19.8 Å². The molecule has 0 spiro atoms. The van der Waals surface area contributed by atoms with Gasteiger partial charge in [0.2, 0.25) is 0 Å². The number of quaternary nitrogens is 1. The lowest BCUT2D eigenvalue weighted by molar-refractivity contribution is -0.870. The van der Waals surface area contributed by atoms with E-state index in [1.807, 2.05) is 21.1 Å². The van der Waals surface area contributed by atoms with Crippen LogP contribution in [0.25, 0.3) is 0 Å². The first-order valence-corrected chi connectivity index (χ1v) is 20.3. The minimum atomic E-state index is -4.63. The standard InChI is InChI=1S/C39H70NO8P/c1-6-8-10-12-14-16-18-19-20-21-22-24-26-28-30-32-39(42)48-37(36-47-49(43,44)46-34-33-40(3,4)5)35-45-38(41)31-29-27-25-23-17-15-13-11-9-7-2/h8,10,14,16,19-20,22,24,37H,6-7,9,11-13,15,17-18,21,23,25-36H2,1-5H3/b10-8-,16-14-,20-19-,24-22-/t37-/m1/s1. The van der Waals surface area contributed by atoms with Gasteiger partial charge in [-0.15, -0.1) is 0 Å². The number of likely N-dealkylation sites (N-methyl/N-ethyl adjacent to an activating group) is 1. The number of carbonyl (C=O) groups excluding carboxylic acids is 2. The summed E-state index contributed by atoms with van der Waals surface area (Å²) >= 11 is 0. The third-order valence-corrected chi connectivity index (χ3v) is 8.58. The molecule has 0 fully saturated rings. The summed E-state index contributed by atoms with van der Waals surface area (Å²) in [5, 5.41) is 0. The van der Waals surface area contributed by atoms with Crippen molar-refractivity contribution in [3.8, 4) is 0 Å². The Morgan fingerprint density at radius 2 is 1.16 bits per heavy atom. The smallest absolute Gasteiger partial charge is 0.306 e. The summed E-state index contributed by atoms with van der Waals surface area (Å²) < 4.78 is 33.6. The molecular weight excluding hydrogens is 641 g/mol. The van der Waals surface area contributed by atoms with Crippen LogP contribution in [0.5, 0.6) is 0 Å². The molecule has 9 nitrogen and oxygen atoms in total. The van der Waals surface area contributed by atoms with Crippen LogP contribution >= 0.6 is 7.82 Å². The SMILES string of the molecule is CC/C=C\C/C=C\C/C=C\C/C=C\CCCCC(=O)O[C@H](COC(=O)CCCCCCCCCCCC)COP(=O)([O-])OCC[N+](C)(C)C. The molecule has 0 saturated heterocycles. The Morgan fingerprint density at radius 3 is 1.73 bits per heavy atom. The molecule has 0 rings (SSSR count). The van der Waals surface area contributed by atoms with E-state index < -0.39 is 32.5 Å². The van der Waals surface area contributed by atoms with Crippen LogP contribution in [0.4, 0.5) is 0 Å². The number of hydrogen-bond acceptors (Lipinski definition) is 8. The van der Waals surface area contributed by atoms with Crippen LogP contribution in [0.15, 0.2) is 48.6 Å². The van der Waals surface area contributed by atoms with Gasteiger partial charge in [-0.2, -0.15) is 0 Å². The summed E-state index contributed by atoms with van der Waals surface area (Å²) in [5.41, 5.74) is 0. The van der Waals surface area contributed by atoms with Gasteiger partial charge in [0, 0.05) is 12.8 Å². The maximum atomic E-state index is 12.6. The first-order valence-electron chi connectivity index (χ1n) is 18.8. The lowest BCUT2D eigenvalue weighted by Crippen LogP contribution is -2.37. The van der Waals surface area contributed by atoms with E-state index in [0.29, 0.717) is 17.4 Å². The van der Waals surface area contributed by atoms with Gasteiger partial charge >= 0.3 is 11.9 Å². The van der Waals surface area contributed by atoms with Crippen LogP contribution in [0, 0.1) is 0 Å². The fourth-order valence-corrected chi connectivity index (χ4v) is 5.37. The molecule has 0 saturated carbocycles. The van der Waals surface area contributed by atoms with E-state index in [1.54, 1.807) is 0 Å². The van der Waals surface area contributed by atoms with Gasteiger partial charge in [-0.05, 0) is 51.4 Å². The summed E-state index contributed by atoms with van der Waals surface area (Å²) in [6.45, 7) is 4.02. The first-order chi connectivity index (χ1) is 23.5. The van der Waals surface area contributed by atoms with E-state index in [-0.39, 0.29) is 26.1 Å². The molecule has 0 radical (unpaired) electrons. The van der Waals surface area contributed by atoms with Crippen molar-refractivity contribution in [2.45, 2.75) is 142 Å². The quantitative estimate of drug-likeness (QED) is 0.0218. The predicted octanol–water partition coefficient (Wildman–Crippen LogP) is 9.33. The van der Waals surface area contributed by atoms with Crippen LogP contribution in [-0.2, 0) is 32.7 Å². The Labute approximate surface area is 299 Å². The number of rotatable bonds is 33. The van der Waals surface area contributed by atoms with Gasteiger partial charge in [-0.1, -0.05) is 120 Å². The molecule has 49 heavy (non-hydrogen) atoms. The third-order valence-electron chi connectivity index (χ3n) is 7.61. The highest BCUT2D eigenvalue weighted by Gasteiger charge is 2.21. The van der Waals surface area contributed by atoms with Crippen molar-refractivity contribution in [3.05, 3.63) is 48.6 Å². The number of esters is 2. The van der Waals surface area contributed by atoms with E-state index in [0.717, 1.165) is 57.8 Å². The summed E-state index contributed by atoms with van der Waals surface area (Å²) in [5.74, 6) is -0.890. The second-order valence-electron chi connectivity index (χ2n) is 13.6. The summed E-state index contributed by atoms with van der Waals surface area (Å²) in [7, 11) is 1.13. The van der Waals surface area contributed by atoms with Crippen LogP contribution < -0.4 is 4.89 Å². The third kappa shape index (κ3) is 35.6. The average molecular weight is 712 g/mol. The van der Waals surface area contributed by atoms with E-state index in [9.17, 15) is 19.0 Å². The summed E-state index contributed by atoms with van der Waals surface area (Å²) in [6, 6.07) is 0. The first kappa shape index (κ1) is 47.0. The van der Waals surface area contributed by atoms with Crippen molar-refractivity contribution in [2.24, 2.45) is 0 Å². The number of nitrogens with zero attached hydrogens (tertiary/aromatic N) is 1. The molecule has 284 valence electrons. The molecule has 0 aliphatic carbocycles. The molecular formula is C39H70NO8P. The molecule has 0 N–H and O–H groups in total. The number of phosphoric acid groups is 1. The van der Waals surface area contributed by atoms with Gasteiger partial charge in [0.15, 0.2) is 6.10 Å². The maximum Gasteiger partial charge on any atom is 0.306 e. The molecule has 0 bridgehead atoms. The number of allylic oxidation sites excluding steroid dienone is 8. The van der Waals surface area contributed by atoms with Crippen LogP contribution in [0.1, 0.15) is 136 Å². The molecule has 0 aliphatic rings. The Hall–Kier alpha value is -2.03. The second kappa shape index (κ2) is 31.9. The van der Waals surface area contributed by atoms with Crippen molar-refractivity contribution < 1.29 is 42.1 Å². The van der Waals surface area contributed by atoms with Crippen molar-refractivity contribution in [1.82, 2.24) is 0 Å². The highest BCUT2D eigenvalue weighted by atomic mass is 31.2. The number of carbonyl (C=O) groups is 2. The minimum Gasteiger partial charge on any atom is -0.756 e. The Balaban J connectivity index is 4.54. The van der Waals surface area contributed by atoms with Crippen molar-refractivity contribution in [1.29, 1.82) is 0 Å². The van der Waals surface area contributed by atoms with Gasteiger partial charge in [0.25, 0.3) is 7.82 Å². The zero-order valence-corrected chi connectivity index (χ0v) is 32.5. The van der Waals surface area contributed by atoms with Gasteiger partial charge in [-0.3, -0.25) is 14.2 Å². The van der Waals surface area contributed by atoms with E-state index in [2.05, 4.69) is 62.5 Å². The molecule has 0 heterocycles. The lowest BCUT2D eigenvalue weighted by Gasteiger charge is -2.28. The molecule has 0 amide bonds. The van der Waals surface area contributed by atoms with E-state index in [1.165, 1.54) is 44.9 Å². The fraction of sp³-hybridized carbons (Fsp3) is 0.744. The molecule has 0 aliphatic heterocycles. The highest BCUT2D eigenvalue weighted by molar-refractivity contribution is 7.45. The monoisotopic (exact) mass is 711 g/mol. The van der Waals surface area contributed by atoms with Crippen molar-refractivity contribution in [3.63, 3.8) is 0 Å². The predicted molar refractivity (Wildman–Crippen MR) is 199 cm³/mol. The molecule has 0 aromatic carbocycles. The second-order valence-corrected chi connectivity index (χ2v) is 15.0. The van der Waals surface area contributed by atoms with Crippen molar-refractivity contribution in [2.75, 3.05) is 47.5 Å². The fourth-order valence-electron chi connectivity index (χ4n) is 4.64. The van der Waals surface area contributed by atoms with Gasteiger partial charge in [0.05, 0.1) is 27.7 Å². The maximum absolute atomic E-state index is 12.6. The normalized spacial score (nSPS) is 14.3. The molecule has 2 atom stereocenters. The molecule has 1 unspecified atom stereocenters. The summed E-state index contributed by atoms with van der Waals surface area (Å²) in [6.07, 6.45) is 34.3. The van der Waals surface area contributed by atoms with Gasteiger partial charge < -0.3 is 27.9 Å². The topological polar surface area (TPSA) is 111 Å². The number of unbranched alkanes of at least 4 members (excludes halogenated alkanes) is 11. The number of ether oxygens (including phenoxy) is 2. The molecule has 0 aromatic rings. The molecule has 10 heteroatoms. The van der Waals surface area contributed by atoms with Gasteiger partial charge in [-0.25, -0.2) is 0 Å². The Morgan fingerprint density at radius 1 is 0.653 bits per heavy atom. The van der Waals surface area contributed by atoms with Gasteiger partial charge in [0.1, 0.15) is 19.8 Å². The largest absolute Gasteiger partial charge is 0.756 e. The number of phosphoric ester groups is 1. The zero-order valence-electron chi connectivity index (χ0n) is 31.6.